The van der Waals surface area contributed by atoms with Crippen LogP contribution in [-0.4, -0.2) is 9.55 Å². The van der Waals surface area contributed by atoms with Gasteiger partial charge in [0.15, 0.2) is 0 Å². The normalized spacial score (nSPS) is 11.1. The second-order valence-electron chi connectivity index (χ2n) is 5.04. The quantitative estimate of drug-likeness (QED) is 0.532. The number of aryl methyl sites for hydroxylation is 2. The molecular formula is C15H27ClN2. The first-order chi connectivity index (χ1) is 8.77. The highest BCUT2D eigenvalue weighted by atomic mass is 35.5. The number of nitrogens with zero attached hydrogens (tertiary/aromatic N) is 2. The number of rotatable bonds is 10. The van der Waals surface area contributed by atoms with Gasteiger partial charge < -0.3 is 4.57 Å². The molecule has 0 fully saturated rings. The third-order valence-electron chi connectivity index (χ3n) is 3.34. The standard InChI is InChI=1S/C15H27ClN2/c1-3-5-7-9-11-15-17-14(16)13-18(15)12-10-8-6-4-2/h13H,3-12H2,1-2H3. The molecule has 0 bridgehead atoms. The van der Waals surface area contributed by atoms with Crippen molar-refractivity contribution in [3.8, 4) is 0 Å². The van der Waals surface area contributed by atoms with E-state index in [2.05, 4.69) is 23.4 Å². The van der Waals surface area contributed by atoms with Crippen LogP contribution in [0.4, 0.5) is 0 Å². The van der Waals surface area contributed by atoms with Crippen molar-refractivity contribution in [2.75, 3.05) is 0 Å². The molecule has 0 radical (unpaired) electrons. The molecular weight excluding hydrogens is 244 g/mol. The molecule has 0 amide bonds. The van der Waals surface area contributed by atoms with E-state index in [9.17, 15) is 0 Å². The Bertz CT molecular complexity index is 291. The van der Waals surface area contributed by atoms with E-state index in [1.54, 1.807) is 0 Å². The summed E-state index contributed by atoms with van der Waals surface area (Å²) >= 11 is 6.01. The number of imidazole rings is 1. The van der Waals surface area contributed by atoms with Crippen molar-refractivity contribution in [2.45, 2.75) is 78.2 Å². The van der Waals surface area contributed by atoms with Crippen LogP contribution in [0.3, 0.4) is 0 Å². The van der Waals surface area contributed by atoms with Crippen LogP contribution in [-0.2, 0) is 13.0 Å². The summed E-state index contributed by atoms with van der Waals surface area (Å²) < 4.78 is 2.25. The van der Waals surface area contributed by atoms with E-state index in [1.165, 1.54) is 57.2 Å². The summed E-state index contributed by atoms with van der Waals surface area (Å²) in [6.07, 6.45) is 13.4. The summed E-state index contributed by atoms with van der Waals surface area (Å²) in [5.41, 5.74) is 0. The Kier molecular flexibility index (Phi) is 8.15. The van der Waals surface area contributed by atoms with Gasteiger partial charge in [-0.2, -0.15) is 0 Å². The molecule has 1 rings (SSSR count). The fraction of sp³-hybridized carbons (Fsp3) is 0.800. The number of hydrogen-bond acceptors (Lipinski definition) is 1. The number of unbranched alkanes of at least 4 members (excludes halogenated alkanes) is 6. The summed E-state index contributed by atoms with van der Waals surface area (Å²) in [4.78, 5) is 4.44. The van der Waals surface area contributed by atoms with Gasteiger partial charge >= 0.3 is 0 Å². The van der Waals surface area contributed by atoms with E-state index in [4.69, 9.17) is 11.6 Å². The second kappa shape index (κ2) is 9.43. The summed E-state index contributed by atoms with van der Waals surface area (Å²) in [5, 5.41) is 0.649. The van der Waals surface area contributed by atoms with Gasteiger partial charge in [0.05, 0.1) is 0 Å². The minimum absolute atomic E-state index is 0.649. The van der Waals surface area contributed by atoms with Crippen LogP contribution in [0, 0.1) is 0 Å². The van der Waals surface area contributed by atoms with Crippen molar-refractivity contribution in [1.29, 1.82) is 0 Å². The lowest BCUT2D eigenvalue weighted by Gasteiger charge is -2.07. The van der Waals surface area contributed by atoms with E-state index in [1.807, 2.05) is 6.20 Å². The Hall–Kier alpha value is -0.500. The predicted octanol–water partition coefficient (Wildman–Crippen LogP) is 5.24. The molecule has 0 atom stereocenters. The Balaban J connectivity index is 2.36. The topological polar surface area (TPSA) is 17.8 Å². The van der Waals surface area contributed by atoms with Gasteiger partial charge in [-0.3, -0.25) is 0 Å². The van der Waals surface area contributed by atoms with E-state index in [-0.39, 0.29) is 0 Å². The number of hydrogen-bond donors (Lipinski definition) is 0. The van der Waals surface area contributed by atoms with Crippen LogP contribution < -0.4 is 0 Å². The number of halogens is 1. The molecule has 0 saturated heterocycles. The smallest absolute Gasteiger partial charge is 0.147 e. The van der Waals surface area contributed by atoms with Crippen LogP contribution in [0.5, 0.6) is 0 Å². The zero-order chi connectivity index (χ0) is 13.2. The van der Waals surface area contributed by atoms with Gasteiger partial charge in [0.2, 0.25) is 0 Å². The maximum absolute atomic E-state index is 6.01. The van der Waals surface area contributed by atoms with Gasteiger partial charge in [-0.05, 0) is 12.8 Å². The molecule has 2 nitrogen and oxygen atoms in total. The molecule has 0 saturated carbocycles. The summed E-state index contributed by atoms with van der Waals surface area (Å²) in [5.74, 6) is 1.17. The average molecular weight is 271 g/mol. The number of aromatic nitrogens is 2. The zero-order valence-corrected chi connectivity index (χ0v) is 12.7. The van der Waals surface area contributed by atoms with Crippen molar-refractivity contribution in [2.24, 2.45) is 0 Å². The maximum Gasteiger partial charge on any atom is 0.147 e. The van der Waals surface area contributed by atoms with Gasteiger partial charge in [-0.15, -0.1) is 0 Å². The summed E-state index contributed by atoms with van der Waals surface area (Å²) in [6.45, 7) is 5.56. The highest BCUT2D eigenvalue weighted by Gasteiger charge is 2.06. The molecule has 104 valence electrons. The molecule has 0 aliphatic heterocycles. The van der Waals surface area contributed by atoms with Crippen LogP contribution in [0.2, 0.25) is 5.15 Å². The molecule has 1 aromatic rings. The minimum Gasteiger partial charge on any atom is -0.333 e. The molecule has 0 N–H and O–H groups in total. The first kappa shape index (κ1) is 15.6. The zero-order valence-electron chi connectivity index (χ0n) is 11.9. The predicted molar refractivity (Wildman–Crippen MR) is 79.2 cm³/mol. The van der Waals surface area contributed by atoms with Crippen LogP contribution in [0.1, 0.15) is 71.0 Å². The Morgan fingerprint density at radius 2 is 1.67 bits per heavy atom. The minimum atomic E-state index is 0.649. The monoisotopic (exact) mass is 270 g/mol. The van der Waals surface area contributed by atoms with Gasteiger partial charge in [0.1, 0.15) is 11.0 Å². The van der Waals surface area contributed by atoms with Crippen LogP contribution in [0.15, 0.2) is 6.20 Å². The molecule has 1 aromatic heterocycles. The Morgan fingerprint density at radius 3 is 2.33 bits per heavy atom. The van der Waals surface area contributed by atoms with E-state index >= 15 is 0 Å². The first-order valence-electron chi connectivity index (χ1n) is 7.49. The van der Waals surface area contributed by atoms with Crippen LogP contribution in [0.25, 0.3) is 0 Å². The van der Waals surface area contributed by atoms with Crippen molar-refractivity contribution >= 4 is 11.6 Å². The molecule has 0 spiro atoms. The molecule has 1 heterocycles. The molecule has 0 aliphatic carbocycles. The van der Waals surface area contributed by atoms with Gasteiger partial charge in [-0.1, -0.05) is 64.0 Å². The third-order valence-corrected chi connectivity index (χ3v) is 3.52. The van der Waals surface area contributed by atoms with Gasteiger partial charge in [0, 0.05) is 19.2 Å². The van der Waals surface area contributed by atoms with Crippen molar-refractivity contribution < 1.29 is 0 Å². The lowest BCUT2D eigenvalue weighted by atomic mass is 10.1. The van der Waals surface area contributed by atoms with Crippen molar-refractivity contribution in [3.05, 3.63) is 17.2 Å². The Labute approximate surface area is 117 Å². The molecule has 0 unspecified atom stereocenters. The van der Waals surface area contributed by atoms with Gasteiger partial charge in [-0.25, -0.2) is 4.98 Å². The fourth-order valence-corrected chi connectivity index (χ4v) is 2.45. The summed E-state index contributed by atoms with van der Waals surface area (Å²) in [7, 11) is 0. The van der Waals surface area contributed by atoms with Gasteiger partial charge in [0.25, 0.3) is 0 Å². The fourth-order valence-electron chi connectivity index (χ4n) is 2.23. The molecule has 3 heteroatoms. The van der Waals surface area contributed by atoms with Crippen molar-refractivity contribution in [3.63, 3.8) is 0 Å². The lowest BCUT2D eigenvalue weighted by molar-refractivity contribution is 0.553. The lowest BCUT2D eigenvalue weighted by Crippen LogP contribution is -2.03. The second-order valence-corrected chi connectivity index (χ2v) is 5.43. The molecule has 0 aliphatic rings. The first-order valence-corrected chi connectivity index (χ1v) is 7.87. The Morgan fingerprint density at radius 1 is 1.00 bits per heavy atom. The van der Waals surface area contributed by atoms with Crippen molar-refractivity contribution in [1.82, 2.24) is 9.55 Å². The largest absolute Gasteiger partial charge is 0.333 e. The highest BCUT2D eigenvalue weighted by Crippen LogP contribution is 2.14. The maximum atomic E-state index is 6.01. The van der Waals surface area contributed by atoms with E-state index < -0.39 is 0 Å². The third kappa shape index (κ3) is 5.90. The summed E-state index contributed by atoms with van der Waals surface area (Å²) in [6, 6.07) is 0. The SMILES string of the molecule is CCCCCCc1nc(Cl)cn1CCCCCC. The molecule has 18 heavy (non-hydrogen) atoms. The molecule has 0 aromatic carbocycles. The van der Waals surface area contributed by atoms with E-state index in [0.717, 1.165) is 13.0 Å². The highest BCUT2D eigenvalue weighted by molar-refractivity contribution is 6.29. The van der Waals surface area contributed by atoms with E-state index in [0.29, 0.717) is 5.15 Å². The average Bonchev–Trinajstić information content (AvgIpc) is 2.71. The van der Waals surface area contributed by atoms with Crippen LogP contribution >= 0.6 is 11.6 Å².